The van der Waals surface area contributed by atoms with Crippen LogP contribution in [0.2, 0.25) is 0 Å². The van der Waals surface area contributed by atoms with E-state index in [-0.39, 0.29) is 30.2 Å². The number of hydrogen-bond acceptors (Lipinski definition) is 6. The normalized spacial score (nSPS) is 20.0. The number of hydrogen-bond donors (Lipinski definition) is 0. The first-order valence-corrected chi connectivity index (χ1v) is 12.1. The molecule has 4 heterocycles. The van der Waals surface area contributed by atoms with E-state index in [0.717, 1.165) is 30.8 Å². The lowest BCUT2D eigenvalue weighted by atomic mass is 9.98. The molecule has 3 aromatic rings. The van der Waals surface area contributed by atoms with Crippen LogP contribution in [0.3, 0.4) is 0 Å². The van der Waals surface area contributed by atoms with Gasteiger partial charge in [0.1, 0.15) is 12.1 Å². The van der Waals surface area contributed by atoms with Crippen LogP contribution < -0.4 is 10.5 Å². The molecule has 8 nitrogen and oxygen atoms in total. The van der Waals surface area contributed by atoms with E-state index in [0.29, 0.717) is 29.8 Å². The molecule has 1 aliphatic rings. The third-order valence-corrected chi connectivity index (χ3v) is 7.20. The van der Waals surface area contributed by atoms with Crippen molar-refractivity contribution < 1.29 is 13.2 Å². The van der Waals surface area contributed by atoms with E-state index in [1.165, 1.54) is 10.6 Å². The van der Waals surface area contributed by atoms with Crippen molar-refractivity contribution in [2.75, 3.05) is 18.0 Å². The number of halogens is 3. The number of nitriles is 1. The molecule has 0 radical (unpaired) electrons. The molecule has 192 valence electrons. The Labute approximate surface area is 207 Å². The summed E-state index contributed by atoms with van der Waals surface area (Å²) in [6, 6.07) is 6.21. The van der Waals surface area contributed by atoms with Crippen LogP contribution in [0.5, 0.6) is 0 Å². The van der Waals surface area contributed by atoms with E-state index in [1.54, 1.807) is 24.0 Å². The quantitative estimate of drug-likeness (QED) is 0.506. The predicted octanol–water partition coefficient (Wildman–Crippen LogP) is 4.11. The lowest BCUT2D eigenvalue weighted by Crippen LogP contribution is -2.59. The van der Waals surface area contributed by atoms with Crippen molar-refractivity contribution in [3.63, 3.8) is 0 Å². The zero-order valence-corrected chi connectivity index (χ0v) is 20.8. The number of nitrogens with zero attached hydrogens (tertiary/aromatic N) is 7. The number of rotatable bonds is 6. The van der Waals surface area contributed by atoms with E-state index >= 15 is 0 Å². The smallest absolute Gasteiger partial charge is 0.364 e. The number of anilines is 1. The number of alkyl halides is 3. The maximum absolute atomic E-state index is 13.0. The summed E-state index contributed by atoms with van der Waals surface area (Å²) in [4.78, 5) is 21.5. The molecule has 0 spiro atoms. The van der Waals surface area contributed by atoms with Crippen LogP contribution in [0, 0.1) is 11.3 Å². The number of aromatic nitrogens is 4. The van der Waals surface area contributed by atoms with Crippen LogP contribution >= 0.6 is 0 Å². The fraction of sp³-hybridized carbons (Fsp3) is 0.520. The molecule has 0 unspecified atom stereocenters. The monoisotopic (exact) mass is 501 g/mol. The van der Waals surface area contributed by atoms with Gasteiger partial charge in [0.25, 0.3) is 5.56 Å². The summed E-state index contributed by atoms with van der Waals surface area (Å²) in [5.74, 6) is 0. The molecule has 0 bridgehead atoms. The van der Waals surface area contributed by atoms with Gasteiger partial charge in [-0.05, 0) is 31.9 Å². The van der Waals surface area contributed by atoms with Crippen LogP contribution in [0.4, 0.5) is 18.9 Å². The maximum atomic E-state index is 13.0. The Morgan fingerprint density at radius 1 is 1.19 bits per heavy atom. The topological polar surface area (TPSA) is 83.0 Å². The van der Waals surface area contributed by atoms with Crippen LogP contribution in [-0.4, -0.2) is 49.4 Å². The van der Waals surface area contributed by atoms with Gasteiger partial charge < -0.3 is 9.47 Å². The fourth-order valence-corrected chi connectivity index (χ4v) is 5.06. The average molecular weight is 502 g/mol. The SMILES string of the molecule is CC[C@H]1CN([C@@H](C)c2ccc(C(F)(F)F)cn2)[C@H](CC)CN1c1cc(=O)n(C)c2cn(CC#N)nc12. The van der Waals surface area contributed by atoms with Crippen LogP contribution in [0.25, 0.3) is 11.0 Å². The molecule has 3 aromatic heterocycles. The third-order valence-electron chi connectivity index (χ3n) is 7.20. The highest BCUT2D eigenvalue weighted by Gasteiger charge is 2.37. The van der Waals surface area contributed by atoms with Crippen molar-refractivity contribution in [1.29, 1.82) is 5.26 Å². The van der Waals surface area contributed by atoms with E-state index in [9.17, 15) is 18.0 Å². The van der Waals surface area contributed by atoms with E-state index in [2.05, 4.69) is 39.8 Å². The van der Waals surface area contributed by atoms with Crippen molar-refractivity contribution in [2.45, 2.75) is 64.5 Å². The molecule has 4 rings (SSSR count). The highest BCUT2D eigenvalue weighted by molar-refractivity contribution is 5.88. The van der Waals surface area contributed by atoms with Gasteiger partial charge in [0.05, 0.1) is 34.7 Å². The molecule has 3 atom stereocenters. The first-order valence-electron chi connectivity index (χ1n) is 12.1. The van der Waals surface area contributed by atoms with E-state index in [1.807, 2.05) is 6.92 Å². The molecule has 0 aliphatic carbocycles. The minimum Gasteiger partial charge on any atom is -0.364 e. The fourth-order valence-electron chi connectivity index (χ4n) is 5.06. The molecule has 0 N–H and O–H groups in total. The summed E-state index contributed by atoms with van der Waals surface area (Å²) in [5, 5.41) is 13.7. The highest BCUT2D eigenvalue weighted by atomic mass is 19.4. The summed E-state index contributed by atoms with van der Waals surface area (Å²) in [5.41, 5.74) is 1.77. The van der Waals surface area contributed by atoms with E-state index in [4.69, 9.17) is 5.26 Å². The van der Waals surface area contributed by atoms with Gasteiger partial charge in [0.15, 0.2) is 0 Å². The molecule has 11 heteroatoms. The van der Waals surface area contributed by atoms with Crippen molar-refractivity contribution in [2.24, 2.45) is 7.05 Å². The lowest BCUT2D eigenvalue weighted by molar-refractivity contribution is -0.137. The largest absolute Gasteiger partial charge is 0.417 e. The molecule has 36 heavy (non-hydrogen) atoms. The minimum absolute atomic E-state index is 0.0566. The summed E-state index contributed by atoms with van der Waals surface area (Å²) >= 11 is 0. The zero-order valence-electron chi connectivity index (χ0n) is 20.8. The van der Waals surface area contributed by atoms with Gasteiger partial charge in [-0.15, -0.1) is 0 Å². The van der Waals surface area contributed by atoms with Crippen molar-refractivity contribution in [1.82, 2.24) is 24.2 Å². The van der Waals surface area contributed by atoms with Gasteiger partial charge in [0, 0.05) is 50.5 Å². The van der Waals surface area contributed by atoms with Crippen molar-refractivity contribution >= 4 is 16.7 Å². The molecular weight excluding hydrogens is 471 g/mol. The Morgan fingerprint density at radius 2 is 1.92 bits per heavy atom. The number of aryl methyl sites for hydroxylation is 1. The standard InChI is InChI=1S/C25H30F3N7O/c1-5-18-14-35(21-11-23(36)32(4)22-15-33(10-9-29)31-24(21)22)19(6-2)13-34(18)16(3)20-8-7-17(12-30-20)25(26,27)28/h7-8,11-12,15-16,18-19H,5-6,10,13-14H2,1-4H3/t16-,18+,19-/m0/s1. The Balaban J connectivity index is 1.68. The number of fused-ring (bicyclic) bond motifs is 1. The second kappa shape index (κ2) is 9.93. The number of pyridine rings is 2. The lowest BCUT2D eigenvalue weighted by Gasteiger charge is -2.49. The minimum atomic E-state index is -4.42. The first kappa shape index (κ1) is 25.7. The molecule has 0 aromatic carbocycles. The third kappa shape index (κ3) is 4.69. The first-order chi connectivity index (χ1) is 17.1. The Bertz CT molecular complexity index is 1320. The summed E-state index contributed by atoms with van der Waals surface area (Å²) < 4.78 is 42.1. The van der Waals surface area contributed by atoms with Gasteiger partial charge in [0.2, 0.25) is 0 Å². The molecule has 1 aliphatic heterocycles. The Hall–Kier alpha value is -3.39. The Kier molecular flexibility index (Phi) is 7.09. The second-order valence-electron chi connectivity index (χ2n) is 9.26. The Morgan fingerprint density at radius 3 is 2.50 bits per heavy atom. The maximum Gasteiger partial charge on any atom is 0.417 e. The average Bonchev–Trinajstić information content (AvgIpc) is 3.29. The summed E-state index contributed by atoms with van der Waals surface area (Å²) in [6.07, 6.45) is -0.187. The van der Waals surface area contributed by atoms with Gasteiger partial charge in [-0.1, -0.05) is 13.8 Å². The van der Waals surface area contributed by atoms with Gasteiger partial charge in [-0.25, -0.2) is 0 Å². The zero-order chi connectivity index (χ0) is 26.2. The molecule has 1 saturated heterocycles. The molecular formula is C25H30F3N7O. The van der Waals surface area contributed by atoms with Crippen LogP contribution in [0.1, 0.15) is 50.9 Å². The van der Waals surface area contributed by atoms with E-state index < -0.39 is 11.7 Å². The summed E-state index contributed by atoms with van der Waals surface area (Å²) in [7, 11) is 1.69. The van der Waals surface area contributed by atoms with Crippen molar-refractivity contribution in [3.8, 4) is 6.07 Å². The van der Waals surface area contributed by atoms with Crippen molar-refractivity contribution in [3.05, 3.63) is 52.2 Å². The molecule has 0 amide bonds. The van der Waals surface area contributed by atoms with Gasteiger partial charge in [-0.3, -0.25) is 19.4 Å². The highest BCUT2D eigenvalue weighted by Crippen LogP contribution is 2.35. The second-order valence-corrected chi connectivity index (χ2v) is 9.26. The molecule has 1 fully saturated rings. The summed E-state index contributed by atoms with van der Waals surface area (Å²) in [6.45, 7) is 7.51. The number of piperazine rings is 1. The van der Waals surface area contributed by atoms with Gasteiger partial charge in [-0.2, -0.15) is 23.5 Å². The van der Waals surface area contributed by atoms with Crippen LogP contribution in [0.15, 0.2) is 35.4 Å². The predicted molar refractivity (Wildman–Crippen MR) is 130 cm³/mol. The van der Waals surface area contributed by atoms with Gasteiger partial charge >= 0.3 is 6.18 Å². The van der Waals surface area contributed by atoms with Crippen LogP contribution in [-0.2, 0) is 19.8 Å². The molecule has 0 saturated carbocycles.